The predicted octanol–water partition coefficient (Wildman–Crippen LogP) is 1.90. The van der Waals surface area contributed by atoms with Gasteiger partial charge in [-0.3, -0.25) is 0 Å². The van der Waals surface area contributed by atoms with E-state index in [0.29, 0.717) is 11.8 Å². The van der Waals surface area contributed by atoms with Crippen LogP contribution in [0.4, 0.5) is 0 Å². The summed E-state index contributed by atoms with van der Waals surface area (Å²) in [5.41, 5.74) is 1.42. The van der Waals surface area contributed by atoms with Crippen molar-refractivity contribution in [1.82, 2.24) is 0 Å². The number of rotatable bonds is 0. The molecule has 6 rings (SSSR count). The van der Waals surface area contributed by atoms with Gasteiger partial charge in [0.2, 0.25) is 0 Å². The largest absolute Gasteiger partial charge is 0.419 e. The molecule has 0 unspecified atom stereocenters. The van der Waals surface area contributed by atoms with Crippen LogP contribution < -0.4 is 0 Å². The van der Waals surface area contributed by atoms with Crippen LogP contribution >= 0.6 is 0 Å². The average molecular weight is 286 g/mol. The molecule has 4 nitrogen and oxygen atoms in total. The number of cyclic esters (lactones) is 2. The number of hydrogen-bond acceptors (Lipinski definition) is 4. The lowest BCUT2D eigenvalue weighted by atomic mass is 9.58. The fourth-order valence-electron chi connectivity index (χ4n) is 7.40. The van der Waals surface area contributed by atoms with Crippen molar-refractivity contribution < 1.29 is 19.1 Å². The molecule has 0 amide bonds. The molecule has 8 atom stereocenters. The number of carbonyl (C=O) groups is 2. The summed E-state index contributed by atoms with van der Waals surface area (Å²) >= 11 is 0. The zero-order chi connectivity index (χ0) is 14.3. The van der Waals surface area contributed by atoms with E-state index in [4.69, 9.17) is 9.47 Å². The maximum atomic E-state index is 12.4. The van der Waals surface area contributed by atoms with Gasteiger partial charge in [0, 0.05) is 13.8 Å². The number of allylic oxidation sites excluding steroid dienone is 1. The van der Waals surface area contributed by atoms with Crippen molar-refractivity contribution in [2.75, 3.05) is 0 Å². The second-order valence-electron chi connectivity index (χ2n) is 8.34. The summed E-state index contributed by atoms with van der Waals surface area (Å²) in [6, 6.07) is 0. The van der Waals surface area contributed by atoms with Crippen molar-refractivity contribution in [1.29, 1.82) is 0 Å². The van der Waals surface area contributed by atoms with E-state index >= 15 is 0 Å². The normalized spacial score (nSPS) is 56.9. The first-order chi connectivity index (χ1) is 9.98. The molecule has 0 spiro atoms. The molecule has 0 N–H and O–H groups in total. The van der Waals surface area contributed by atoms with E-state index in [1.54, 1.807) is 13.8 Å². The summed E-state index contributed by atoms with van der Waals surface area (Å²) in [5, 5.41) is 0. The molecule has 6 fully saturated rings. The lowest BCUT2D eigenvalue weighted by molar-refractivity contribution is -0.222. The molecule has 1 heterocycles. The van der Waals surface area contributed by atoms with Gasteiger partial charge in [0.05, 0.1) is 0 Å². The quantitative estimate of drug-likeness (QED) is 0.388. The Bertz CT molecular complexity index is 632. The Morgan fingerprint density at radius 3 is 2.19 bits per heavy atom. The molecule has 4 heteroatoms. The number of carbonyl (C=O) groups excluding carboxylic acids is 2. The van der Waals surface area contributed by atoms with Crippen molar-refractivity contribution in [2.24, 2.45) is 47.3 Å². The molecule has 2 bridgehead atoms. The summed E-state index contributed by atoms with van der Waals surface area (Å²) in [6.07, 6.45) is 2.67. The molecule has 6 aliphatic rings. The SMILES string of the molecule is CC1(C)OC(=O)C(=C2[C@@H]3[C@@H]4C[C@@H]5[C@@H]2[C@@H]2[C@H]3C[C@H]4[C@H]52)C(=O)O1. The highest BCUT2D eigenvalue weighted by atomic mass is 16.7. The van der Waals surface area contributed by atoms with Gasteiger partial charge in [0.25, 0.3) is 5.79 Å². The van der Waals surface area contributed by atoms with Gasteiger partial charge in [0.15, 0.2) is 0 Å². The van der Waals surface area contributed by atoms with E-state index in [1.165, 1.54) is 12.8 Å². The van der Waals surface area contributed by atoms with Gasteiger partial charge >= 0.3 is 11.9 Å². The van der Waals surface area contributed by atoms with Gasteiger partial charge in [-0.25, -0.2) is 9.59 Å². The minimum Gasteiger partial charge on any atom is -0.419 e. The first-order valence-corrected chi connectivity index (χ1v) is 8.19. The van der Waals surface area contributed by atoms with E-state index in [0.717, 1.165) is 41.1 Å². The molecule has 21 heavy (non-hydrogen) atoms. The van der Waals surface area contributed by atoms with Crippen LogP contribution in [0.2, 0.25) is 0 Å². The number of ether oxygens (including phenoxy) is 2. The minimum atomic E-state index is -1.13. The zero-order valence-corrected chi connectivity index (χ0v) is 12.2. The number of fused-ring (bicyclic) bond motifs is 2. The third-order valence-corrected chi connectivity index (χ3v) is 7.46. The Hall–Kier alpha value is -1.32. The molecule has 0 radical (unpaired) electrons. The lowest BCUT2D eigenvalue weighted by Gasteiger charge is -2.46. The van der Waals surface area contributed by atoms with Crippen molar-refractivity contribution in [3.63, 3.8) is 0 Å². The maximum Gasteiger partial charge on any atom is 0.348 e. The van der Waals surface area contributed by atoms with Crippen LogP contribution in [0.15, 0.2) is 11.1 Å². The van der Waals surface area contributed by atoms with Gasteiger partial charge in [0.1, 0.15) is 5.57 Å². The highest BCUT2D eigenvalue weighted by Crippen LogP contribution is 2.84. The van der Waals surface area contributed by atoms with Gasteiger partial charge in [-0.05, 0) is 65.8 Å². The maximum absolute atomic E-state index is 12.4. The van der Waals surface area contributed by atoms with E-state index in [1.807, 2.05) is 0 Å². The fraction of sp³-hybridized carbons (Fsp3) is 0.765. The molecule has 110 valence electrons. The highest BCUT2D eigenvalue weighted by molar-refractivity contribution is 6.16. The Labute approximate surface area is 122 Å². The topological polar surface area (TPSA) is 52.6 Å². The monoisotopic (exact) mass is 286 g/mol. The lowest BCUT2D eigenvalue weighted by Crippen LogP contribution is -2.45. The van der Waals surface area contributed by atoms with Gasteiger partial charge in [-0.2, -0.15) is 0 Å². The summed E-state index contributed by atoms with van der Waals surface area (Å²) < 4.78 is 10.7. The van der Waals surface area contributed by atoms with Crippen LogP contribution in [0.5, 0.6) is 0 Å². The molecule has 0 aromatic carbocycles. The van der Waals surface area contributed by atoms with Gasteiger partial charge in [-0.1, -0.05) is 0 Å². The highest BCUT2D eigenvalue weighted by Gasteiger charge is 2.79. The van der Waals surface area contributed by atoms with Crippen LogP contribution in [-0.4, -0.2) is 17.7 Å². The van der Waals surface area contributed by atoms with Crippen LogP contribution in [-0.2, 0) is 19.1 Å². The Morgan fingerprint density at radius 1 is 0.857 bits per heavy atom. The molecule has 5 aliphatic carbocycles. The van der Waals surface area contributed by atoms with Crippen molar-refractivity contribution in [3.05, 3.63) is 11.1 Å². The molecule has 0 aromatic rings. The molecule has 1 saturated heterocycles. The first kappa shape index (κ1) is 11.3. The summed E-state index contributed by atoms with van der Waals surface area (Å²) in [7, 11) is 0. The molecule has 1 aliphatic heterocycles. The van der Waals surface area contributed by atoms with E-state index in [2.05, 4.69) is 0 Å². The van der Waals surface area contributed by atoms with Gasteiger partial charge < -0.3 is 9.47 Å². The van der Waals surface area contributed by atoms with Gasteiger partial charge in [-0.15, -0.1) is 0 Å². The standard InChI is InChI=1S/C17H18O4/c1-17(2)20-15(18)14(16(19)21-17)13-10-6-4-7-9-5(6)3-8(10)11(9)12(7)13/h5-12H,3-4H2,1-2H3/t5-,6-,7+,8+,9-,10-,11-,12-/m1/s1. The third kappa shape index (κ3) is 0.984. The molecule has 5 saturated carbocycles. The fourth-order valence-corrected chi connectivity index (χ4v) is 7.40. The van der Waals surface area contributed by atoms with E-state index in [-0.39, 0.29) is 5.57 Å². The van der Waals surface area contributed by atoms with Crippen molar-refractivity contribution in [2.45, 2.75) is 32.5 Å². The Morgan fingerprint density at radius 2 is 1.48 bits per heavy atom. The second kappa shape index (κ2) is 2.92. The molecular formula is C17H18O4. The average Bonchev–Trinajstić information content (AvgIpc) is 2.85. The number of hydrogen-bond donors (Lipinski definition) is 0. The van der Waals surface area contributed by atoms with Crippen LogP contribution in [0.1, 0.15) is 26.7 Å². The summed E-state index contributed by atoms with van der Waals surface area (Å²) in [5.74, 6) is 3.74. The summed E-state index contributed by atoms with van der Waals surface area (Å²) in [4.78, 5) is 24.8. The second-order valence-corrected chi connectivity index (χ2v) is 8.34. The van der Waals surface area contributed by atoms with Crippen LogP contribution in [0.3, 0.4) is 0 Å². The molecule has 0 aromatic heterocycles. The third-order valence-electron chi connectivity index (χ3n) is 7.46. The van der Waals surface area contributed by atoms with Crippen molar-refractivity contribution in [3.8, 4) is 0 Å². The predicted molar refractivity (Wildman–Crippen MR) is 70.4 cm³/mol. The minimum absolute atomic E-state index is 0.271. The summed E-state index contributed by atoms with van der Waals surface area (Å²) in [6.45, 7) is 3.23. The van der Waals surface area contributed by atoms with Crippen LogP contribution in [0, 0.1) is 47.3 Å². The zero-order valence-electron chi connectivity index (χ0n) is 12.2. The Balaban J connectivity index is 1.53. The van der Waals surface area contributed by atoms with Crippen molar-refractivity contribution >= 4 is 11.9 Å². The number of esters is 2. The molecular weight excluding hydrogens is 268 g/mol. The Kier molecular flexibility index (Phi) is 1.57. The van der Waals surface area contributed by atoms with E-state index in [9.17, 15) is 9.59 Å². The van der Waals surface area contributed by atoms with Crippen LogP contribution in [0.25, 0.3) is 0 Å². The smallest absolute Gasteiger partial charge is 0.348 e. The first-order valence-electron chi connectivity index (χ1n) is 8.19. The van der Waals surface area contributed by atoms with E-state index < -0.39 is 17.7 Å².